The SMILES string of the molecule is CC1CCCN(Cc2csc(NC(=O)C3CCN(C(=O)c4cccs4)CC3)n2)C1. The molecular weight excluding hydrogens is 404 g/mol. The second-order valence-corrected chi connectivity index (χ2v) is 9.97. The van der Waals surface area contributed by atoms with Gasteiger partial charge in [0.05, 0.1) is 10.6 Å². The Morgan fingerprint density at radius 2 is 2.03 bits per heavy atom. The van der Waals surface area contributed by atoms with Crippen molar-refractivity contribution >= 4 is 39.6 Å². The third-order valence-corrected chi connectivity index (χ3v) is 7.46. The van der Waals surface area contributed by atoms with Gasteiger partial charge in [-0.15, -0.1) is 22.7 Å². The average Bonchev–Trinajstić information content (AvgIpc) is 3.40. The highest BCUT2D eigenvalue weighted by Crippen LogP contribution is 2.24. The Balaban J connectivity index is 1.25. The molecule has 2 fully saturated rings. The number of piperidine rings is 2. The number of likely N-dealkylation sites (tertiary alicyclic amines) is 2. The van der Waals surface area contributed by atoms with Crippen LogP contribution < -0.4 is 5.32 Å². The molecule has 0 spiro atoms. The summed E-state index contributed by atoms with van der Waals surface area (Å²) in [5.41, 5.74) is 1.04. The van der Waals surface area contributed by atoms with Crippen LogP contribution >= 0.6 is 22.7 Å². The van der Waals surface area contributed by atoms with Crippen LogP contribution in [-0.4, -0.2) is 52.8 Å². The molecule has 2 aromatic rings. The Hall–Kier alpha value is -1.77. The number of hydrogen-bond acceptors (Lipinski definition) is 6. The minimum Gasteiger partial charge on any atom is -0.338 e. The van der Waals surface area contributed by atoms with Gasteiger partial charge in [0.25, 0.3) is 5.91 Å². The Kier molecular flexibility index (Phi) is 6.62. The predicted molar refractivity (Wildman–Crippen MR) is 117 cm³/mol. The zero-order valence-corrected chi connectivity index (χ0v) is 18.4. The highest BCUT2D eigenvalue weighted by Gasteiger charge is 2.28. The van der Waals surface area contributed by atoms with E-state index in [0.717, 1.165) is 36.1 Å². The number of aromatic nitrogens is 1. The summed E-state index contributed by atoms with van der Waals surface area (Å²) in [6, 6.07) is 3.75. The average molecular weight is 433 g/mol. The molecule has 2 amide bonds. The smallest absolute Gasteiger partial charge is 0.263 e. The summed E-state index contributed by atoms with van der Waals surface area (Å²) >= 11 is 2.97. The van der Waals surface area contributed by atoms with E-state index in [9.17, 15) is 9.59 Å². The minimum atomic E-state index is -0.0577. The largest absolute Gasteiger partial charge is 0.338 e. The molecular formula is C21H28N4O2S2. The Bertz CT molecular complexity index is 828. The Morgan fingerprint density at radius 1 is 1.21 bits per heavy atom. The number of rotatable bonds is 5. The highest BCUT2D eigenvalue weighted by atomic mass is 32.1. The van der Waals surface area contributed by atoms with Crippen molar-refractivity contribution in [2.24, 2.45) is 11.8 Å². The quantitative estimate of drug-likeness (QED) is 0.778. The molecule has 0 saturated carbocycles. The number of carbonyl (C=O) groups excluding carboxylic acids is 2. The van der Waals surface area contributed by atoms with Crippen molar-refractivity contribution in [3.05, 3.63) is 33.5 Å². The van der Waals surface area contributed by atoms with E-state index in [4.69, 9.17) is 0 Å². The number of nitrogens with one attached hydrogen (secondary N) is 1. The van der Waals surface area contributed by atoms with Gasteiger partial charge in [-0.25, -0.2) is 4.98 Å². The van der Waals surface area contributed by atoms with E-state index >= 15 is 0 Å². The Morgan fingerprint density at radius 3 is 2.76 bits per heavy atom. The predicted octanol–water partition coefficient (Wildman–Crippen LogP) is 3.93. The molecule has 4 rings (SSSR count). The van der Waals surface area contributed by atoms with Crippen LogP contribution in [0.15, 0.2) is 22.9 Å². The fourth-order valence-corrected chi connectivity index (χ4v) is 5.60. The van der Waals surface area contributed by atoms with Crippen molar-refractivity contribution in [2.45, 2.75) is 39.2 Å². The van der Waals surface area contributed by atoms with Gasteiger partial charge in [-0.3, -0.25) is 14.5 Å². The van der Waals surface area contributed by atoms with Crippen molar-refractivity contribution in [2.75, 3.05) is 31.5 Å². The van der Waals surface area contributed by atoms with Crippen molar-refractivity contribution < 1.29 is 9.59 Å². The monoisotopic (exact) mass is 432 g/mol. The van der Waals surface area contributed by atoms with Crippen LogP contribution in [0.5, 0.6) is 0 Å². The number of thiophene rings is 1. The van der Waals surface area contributed by atoms with E-state index in [2.05, 4.69) is 27.5 Å². The summed E-state index contributed by atoms with van der Waals surface area (Å²) in [4.78, 5) is 34.8. The molecule has 29 heavy (non-hydrogen) atoms. The van der Waals surface area contributed by atoms with E-state index in [-0.39, 0.29) is 17.7 Å². The minimum absolute atomic E-state index is 0.0284. The van der Waals surface area contributed by atoms with Gasteiger partial charge >= 0.3 is 0 Å². The summed E-state index contributed by atoms with van der Waals surface area (Å²) in [6.07, 6.45) is 3.97. The maximum Gasteiger partial charge on any atom is 0.263 e. The highest BCUT2D eigenvalue weighted by molar-refractivity contribution is 7.14. The lowest BCUT2D eigenvalue weighted by molar-refractivity contribution is -0.121. The van der Waals surface area contributed by atoms with E-state index < -0.39 is 0 Å². The van der Waals surface area contributed by atoms with E-state index in [1.807, 2.05) is 22.4 Å². The van der Waals surface area contributed by atoms with Crippen molar-refractivity contribution in [1.82, 2.24) is 14.8 Å². The fourth-order valence-electron chi connectivity index (χ4n) is 4.20. The zero-order valence-electron chi connectivity index (χ0n) is 16.8. The van der Waals surface area contributed by atoms with Crippen LogP contribution in [-0.2, 0) is 11.3 Å². The first kappa shape index (κ1) is 20.5. The summed E-state index contributed by atoms with van der Waals surface area (Å²) in [5, 5.41) is 7.66. The van der Waals surface area contributed by atoms with E-state index in [0.29, 0.717) is 31.1 Å². The summed E-state index contributed by atoms with van der Waals surface area (Å²) in [6.45, 7) is 6.68. The first-order valence-electron chi connectivity index (χ1n) is 10.4. The van der Waals surface area contributed by atoms with E-state index in [1.54, 1.807) is 0 Å². The van der Waals surface area contributed by atoms with Crippen molar-refractivity contribution in [1.29, 1.82) is 0 Å². The third-order valence-electron chi connectivity index (χ3n) is 5.79. The molecule has 8 heteroatoms. The number of amides is 2. The van der Waals surface area contributed by atoms with E-state index in [1.165, 1.54) is 35.5 Å². The van der Waals surface area contributed by atoms with Gasteiger partial charge in [-0.2, -0.15) is 0 Å². The topological polar surface area (TPSA) is 65.5 Å². The first-order chi connectivity index (χ1) is 14.1. The fraction of sp³-hybridized carbons (Fsp3) is 0.571. The maximum atomic E-state index is 12.7. The number of thiazole rings is 1. The molecule has 4 heterocycles. The van der Waals surface area contributed by atoms with Crippen molar-refractivity contribution in [3.8, 4) is 0 Å². The molecule has 1 N–H and O–H groups in total. The number of anilines is 1. The molecule has 156 valence electrons. The second kappa shape index (κ2) is 9.36. The van der Waals surface area contributed by atoms with Gasteiger partial charge in [0, 0.05) is 37.5 Å². The maximum absolute atomic E-state index is 12.7. The molecule has 1 unspecified atom stereocenters. The lowest BCUT2D eigenvalue weighted by Gasteiger charge is -2.31. The van der Waals surface area contributed by atoms with Crippen LogP contribution in [0, 0.1) is 11.8 Å². The first-order valence-corrected chi connectivity index (χ1v) is 12.1. The number of carbonyl (C=O) groups is 2. The van der Waals surface area contributed by atoms with Gasteiger partial charge in [-0.1, -0.05) is 13.0 Å². The normalized spacial score (nSPS) is 21.3. The number of hydrogen-bond donors (Lipinski definition) is 1. The summed E-state index contributed by atoms with van der Waals surface area (Å²) in [5.74, 6) is 0.799. The van der Waals surface area contributed by atoms with Gasteiger partial charge in [0.15, 0.2) is 5.13 Å². The van der Waals surface area contributed by atoms with Crippen LogP contribution in [0.2, 0.25) is 0 Å². The second-order valence-electron chi connectivity index (χ2n) is 8.16. The molecule has 2 saturated heterocycles. The van der Waals surface area contributed by atoms with Crippen LogP contribution in [0.4, 0.5) is 5.13 Å². The number of nitrogens with zero attached hydrogens (tertiary/aromatic N) is 3. The lowest BCUT2D eigenvalue weighted by atomic mass is 9.96. The molecule has 0 radical (unpaired) electrons. The molecule has 0 aromatic carbocycles. The molecule has 6 nitrogen and oxygen atoms in total. The lowest BCUT2D eigenvalue weighted by Crippen LogP contribution is -2.41. The molecule has 1 atom stereocenters. The van der Waals surface area contributed by atoms with Gasteiger partial charge in [0.1, 0.15) is 0 Å². The molecule has 2 aromatic heterocycles. The molecule has 2 aliphatic heterocycles. The van der Waals surface area contributed by atoms with Crippen LogP contribution in [0.25, 0.3) is 0 Å². The standard InChI is InChI=1S/C21H28N4O2S2/c1-15-4-2-8-24(12-15)13-17-14-29-21(22-17)23-19(26)16-6-9-25(10-7-16)20(27)18-5-3-11-28-18/h3,5,11,14-16H,2,4,6-10,12-13H2,1H3,(H,22,23,26). The molecule has 2 aliphatic rings. The van der Waals surface area contributed by atoms with Crippen LogP contribution in [0.3, 0.4) is 0 Å². The van der Waals surface area contributed by atoms with Gasteiger partial charge in [-0.05, 0) is 49.6 Å². The Labute approximate surface area is 179 Å². The van der Waals surface area contributed by atoms with Gasteiger partial charge in [0.2, 0.25) is 5.91 Å². The third kappa shape index (κ3) is 5.24. The van der Waals surface area contributed by atoms with Crippen LogP contribution in [0.1, 0.15) is 48.0 Å². The van der Waals surface area contributed by atoms with Gasteiger partial charge < -0.3 is 10.2 Å². The molecule has 0 aliphatic carbocycles. The summed E-state index contributed by atoms with van der Waals surface area (Å²) < 4.78 is 0. The van der Waals surface area contributed by atoms with Crippen molar-refractivity contribution in [3.63, 3.8) is 0 Å². The molecule has 0 bridgehead atoms. The summed E-state index contributed by atoms with van der Waals surface area (Å²) in [7, 11) is 0. The zero-order chi connectivity index (χ0) is 20.2.